The van der Waals surface area contributed by atoms with E-state index in [1.54, 1.807) is 4.57 Å². The lowest BCUT2D eigenvalue weighted by Gasteiger charge is -2.19. The highest BCUT2D eigenvalue weighted by molar-refractivity contribution is 7.46. The minimum atomic E-state index is -4.54. The molecule has 0 saturated heterocycles. The SMILES string of the molecule is Nc1nc(Cl)nc2c1ncn2[C@H]1[C@H](O)C[C@]2(COP(=O)(O)O)C[C@H]12. The number of aliphatic hydroxyl groups is 1. The van der Waals surface area contributed by atoms with Crippen LogP contribution in [0.4, 0.5) is 5.82 Å². The third-order valence-electron chi connectivity index (χ3n) is 4.94. The van der Waals surface area contributed by atoms with E-state index in [2.05, 4.69) is 19.5 Å². The number of nitrogens with two attached hydrogens (primary N) is 1. The van der Waals surface area contributed by atoms with Crippen LogP contribution in [0.2, 0.25) is 5.28 Å². The van der Waals surface area contributed by atoms with Crippen LogP contribution in [-0.2, 0) is 9.09 Å². The summed E-state index contributed by atoms with van der Waals surface area (Å²) in [5, 5.41) is 10.4. The first-order valence-electron chi connectivity index (χ1n) is 7.24. The van der Waals surface area contributed by atoms with Crippen molar-refractivity contribution in [2.45, 2.75) is 25.0 Å². The molecule has 0 unspecified atom stereocenters. The van der Waals surface area contributed by atoms with Gasteiger partial charge >= 0.3 is 7.82 Å². The Labute approximate surface area is 140 Å². The van der Waals surface area contributed by atoms with Gasteiger partial charge in [0, 0.05) is 5.41 Å². The molecule has 0 aromatic carbocycles. The van der Waals surface area contributed by atoms with Gasteiger partial charge in [0.15, 0.2) is 11.5 Å². The van der Waals surface area contributed by atoms with Gasteiger partial charge in [0.05, 0.1) is 25.1 Å². The van der Waals surface area contributed by atoms with E-state index in [1.807, 2.05) is 0 Å². The van der Waals surface area contributed by atoms with Crippen molar-refractivity contribution in [3.05, 3.63) is 11.6 Å². The lowest BCUT2D eigenvalue weighted by atomic mass is 10.0. The van der Waals surface area contributed by atoms with Gasteiger partial charge in [-0.25, -0.2) is 9.55 Å². The number of rotatable bonds is 4. The van der Waals surface area contributed by atoms with E-state index >= 15 is 0 Å². The molecule has 5 N–H and O–H groups in total. The standard InChI is InChI=1S/C12H15ClN5O5P/c13-11-16-9(14)7-10(17-11)18(4-15-7)8-5-1-12(5,2-6(8)19)3-23-24(20,21)22/h4-6,8,19H,1-3H2,(H2,14,16,17)(H2,20,21,22)/t5-,6-,8-,12+/m1/s1. The van der Waals surface area contributed by atoms with Crippen LogP contribution in [0.1, 0.15) is 18.9 Å². The summed E-state index contributed by atoms with van der Waals surface area (Å²) in [6, 6.07) is -0.333. The molecule has 4 atom stereocenters. The number of phosphoric acid groups is 1. The molecule has 0 amide bonds. The van der Waals surface area contributed by atoms with Gasteiger partial charge < -0.3 is 25.2 Å². The maximum absolute atomic E-state index is 10.9. The van der Waals surface area contributed by atoms with Crippen molar-refractivity contribution in [1.82, 2.24) is 19.5 Å². The van der Waals surface area contributed by atoms with E-state index in [4.69, 9.17) is 27.1 Å². The summed E-state index contributed by atoms with van der Waals surface area (Å²) in [5.41, 5.74) is 6.17. The van der Waals surface area contributed by atoms with Gasteiger partial charge in [-0.1, -0.05) is 0 Å². The summed E-state index contributed by atoms with van der Waals surface area (Å²) < 4.78 is 17.3. The molecule has 0 spiro atoms. The average Bonchev–Trinajstić information content (AvgIpc) is 2.84. The summed E-state index contributed by atoms with van der Waals surface area (Å²) in [4.78, 5) is 30.0. The lowest BCUT2D eigenvalue weighted by molar-refractivity contribution is 0.103. The van der Waals surface area contributed by atoms with Crippen LogP contribution in [0.5, 0.6) is 0 Å². The van der Waals surface area contributed by atoms with Crippen molar-refractivity contribution >= 4 is 36.4 Å². The third-order valence-corrected chi connectivity index (χ3v) is 5.57. The molecule has 2 saturated carbocycles. The minimum absolute atomic E-state index is 0.00594. The van der Waals surface area contributed by atoms with E-state index in [1.165, 1.54) is 6.33 Å². The number of aliphatic hydroxyl groups excluding tert-OH is 1. The number of halogens is 1. The van der Waals surface area contributed by atoms with E-state index in [0.29, 0.717) is 24.0 Å². The second-order valence-corrected chi connectivity index (χ2v) is 7.98. The molecule has 10 nitrogen and oxygen atoms in total. The first-order valence-corrected chi connectivity index (χ1v) is 9.15. The number of anilines is 1. The van der Waals surface area contributed by atoms with Gasteiger partial charge in [0.1, 0.15) is 5.52 Å². The largest absolute Gasteiger partial charge is 0.469 e. The highest BCUT2D eigenvalue weighted by Gasteiger charge is 2.66. The van der Waals surface area contributed by atoms with Crippen LogP contribution >= 0.6 is 19.4 Å². The number of imidazole rings is 1. The van der Waals surface area contributed by atoms with Crippen LogP contribution < -0.4 is 5.73 Å². The molecular weight excluding hydrogens is 361 g/mol. The van der Waals surface area contributed by atoms with Crippen molar-refractivity contribution < 1.29 is 24.0 Å². The van der Waals surface area contributed by atoms with E-state index < -0.39 is 19.3 Å². The topological polar surface area (TPSA) is 157 Å². The highest BCUT2D eigenvalue weighted by Crippen LogP contribution is 2.68. The van der Waals surface area contributed by atoms with Gasteiger partial charge in [0.2, 0.25) is 5.28 Å². The van der Waals surface area contributed by atoms with Gasteiger partial charge in [0.25, 0.3) is 0 Å². The zero-order valence-corrected chi connectivity index (χ0v) is 13.9. The Balaban J connectivity index is 1.66. The first-order chi connectivity index (χ1) is 11.2. The van der Waals surface area contributed by atoms with Crippen molar-refractivity contribution in [2.75, 3.05) is 12.3 Å². The molecule has 2 aromatic rings. The summed E-state index contributed by atoms with van der Waals surface area (Å²) in [7, 11) is -4.54. The fraction of sp³-hybridized carbons (Fsp3) is 0.583. The fourth-order valence-corrected chi connectivity index (χ4v) is 4.44. The quantitative estimate of drug-likeness (QED) is 0.440. The van der Waals surface area contributed by atoms with E-state index in [9.17, 15) is 9.67 Å². The predicted molar refractivity (Wildman–Crippen MR) is 82.9 cm³/mol. The summed E-state index contributed by atoms with van der Waals surface area (Å²) >= 11 is 5.86. The predicted octanol–water partition coefficient (Wildman–Crippen LogP) is 0.483. The average molecular weight is 376 g/mol. The normalized spacial score (nSPS) is 32.2. The lowest BCUT2D eigenvalue weighted by Crippen LogP contribution is -2.22. The maximum Gasteiger partial charge on any atom is 0.469 e. The molecular formula is C12H15ClN5O5P. The van der Waals surface area contributed by atoms with Gasteiger partial charge in [-0.05, 0) is 30.4 Å². The summed E-state index contributed by atoms with van der Waals surface area (Å²) in [6.07, 6.45) is 1.90. The summed E-state index contributed by atoms with van der Waals surface area (Å²) in [6.45, 7) is -0.0972. The number of nitrogens with zero attached hydrogens (tertiary/aromatic N) is 4. The van der Waals surface area contributed by atoms with Crippen molar-refractivity contribution in [2.24, 2.45) is 11.3 Å². The van der Waals surface area contributed by atoms with Crippen molar-refractivity contribution in [3.63, 3.8) is 0 Å². The van der Waals surface area contributed by atoms with Gasteiger partial charge in [-0.15, -0.1) is 0 Å². The molecule has 2 heterocycles. The number of phosphoric ester groups is 1. The zero-order valence-electron chi connectivity index (χ0n) is 12.3. The van der Waals surface area contributed by atoms with Crippen LogP contribution in [0.3, 0.4) is 0 Å². The Morgan fingerprint density at radius 1 is 1.46 bits per heavy atom. The molecule has 24 heavy (non-hydrogen) atoms. The minimum Gasteiger partial charge on any atom is -0.391 e. The molecule has 2 aliphatic carbocycles. The number of hydrogen-bond acceptors (Lipinski definition) is 7. The number of aromatic nitrogens is 4. The molecule has 2 aromatic heterocycles. The molecule has 2 aliphatic rings. The molecule has 2 fully saturated rings. The first kappa shape index (κ1) is 16.2. The molecule has 4 rings (SSSR count). The smallest absolute Gasteiger partial charge is 0.391 e. The zero-order chi connectivity index (χ0) is 17.3. The van der Waals surface area contributed by atoms with Crippen molar-refractivity contribution in [3.8, 4) is 0 Å². The Morgan fingerprint density at radius 2 is 2.21 bits per heavy atom. The Bertz CT molecular complexity index is 871. The van der Waals surface area contributed by atoms with E-state index in [-0.39, 0.29) is 29.7 Å². The summed E-state index contributed by atoms with van der Waals surface area (Å²) in [5.74, 6) is 0.162. The van der Waals surface area contributed by atoms with Gasteiger partial charge in [-0.3, -0.25) is 4.52 Å². The van der Waals surface area contributed by atoms with Crippen LogP contribution in [-0.4, -0.2) is 47.1 Å². The second kappa shape index (κ2) is 5.10. The molecule has 0 bridgehead atoms. The molecule has 130 valence electrons. The molecule has 0 radical (unpaired) electrons. The number of hydrogen-bond donors (Lipinski definition) is 4. The number of fused-ring (bicyclic) bond motifs is 2. The Hall–Kier alpha value is -1.29. The highest BCUT2D eigenvalue weighted by atomic mass is 35.5. The Morgan fingerprint density at radius 3 is 2.92 bits per heavy atom. The van der Waals surface area contributed by atoms with Crippen LogP contribution in [0, 0.1) is 11.3 Å². The van der Waals surface area contributed by atoms with Crippen LogP contribution in [0.15, 0.2) is 6.33 Å². The van der Waals surface area contributed by atoms with Gasteiger partial charge in [-0.2, -0.15) is 9.97 Å². The third kappa shape index (κ3) is 2.50. The van der Waals surface area contributed by atoms with Crippen molar-refractivity contribution in [1.29, 1.82) is 0 Å². The fourth-order valence-electron chi connectivity index (χ4n) is 3.85. The Kier molecular flexibility index (Phi) is 3.44. The number of nitrogen functional groups attached to an aromatic ring is 1. The molecule has 0 aliphatic heterocycles. The molecule has 12 heteroatoms. The second-order valence-electron chi connectivity index (χ2n) is 6.40. The van der Waals surface area contributed by atoms with Crippen LogP contribution in [0.25, 0.3) is 11.2 Å². The van der Waals surface area contributed by atoms with E-state index in [0.717, 1.165) is 0 Å². The monoisotopic (exact) mass is 375 g/mol. The maximum atomic E-state index is 10.9.